The molecule has 3 rings (SSSR count). The number of amides is 1. The summed E-state index contributed by atoms with van der Waals surface area (Å²) < 4.78 is 0. The first-order valence-corrected chi connectivity index (χ1v) is 7.00. The molecular weight excluding hydrogens is 258 g/mol. The molecular formula is C14H13N3OS. The summed E-state index contributed by atoms with van der Waals surface area (Å²) in [7, 11) is 0. The van der Waals surface area contributed by atoms with E-state index < -0.39 is 0 Å². The summed E-state index contributed by atoms with van der Waals surface area (Å²) >= 11 is 1.57. The van der Waals surface area contributed by atoms with Crippen LogP contribution in [0.3, 0.4) is 0 Å². The van der Waals surface area contributed by atoms with Crippen molar-refractivity contribution in [2.24, 2.45) is 0 Å². The third kappa shape index (κ3) is 2.88. The van der Waals surface area contributed by atoms with Gasteiger partial charge in [0.2, 0.25) is 5.91 Å². The van der Waals surface area contributed by atoms with Gasteiger partial charge in [0, 0.05) is 16.8 Å². The molecule has 1 aliphatic rings. The van der Waals surface area contributed by atoms with Crippen molar-refractivity contribution in [3.05, 3.63) is 48.3 Å². The number of hydrogen-bond acceptors (Lipinski definition) is 4. The molecule has 0 bridgehead atoms. The van der Waals surface area contributed by atoms with Crippen molar-refractivity contribution in [1.29, 1.82) is 0 Å². The van der Waals surface area contributed by atoms with E-state index in [9.17, 15) is 4.79 Å². The fraction of sp³-hybridized carbons (Fsp3) is 0.143. The molecule has 0 radical (unpaired) electrons. The maximum atomic E-state index is 11.4. The maximum Gasteiger partial charge on any atom is 0.234 e. The highest BCUT2D eigenvalue weighted by Gasteiger charge is 2.15. The highest BCUT2D eigenvalue weighted by molar-refractivity contribution is 8.00. The van der Waals surface area contributed by atoms with E-state index in [2.05, 4.69) is 15.6 Å². The first kappa shape index (κ1) is 12.0. The van der Waals surface area contributed by atoms with Gasteiger partial charge in [-0.15, -0.1) is 11.8 Å². The number of carbonyl (C=O) groups excluding carboxylic acids is 1. The molecule has 1 amide bonds. The molecule has 2 N–H and O–H groups in total. The molecule has 5 heteroatoms. The number of aromatic nitrogens is 1. The van der Waals surface area contributed by atoms with Gasteiger partial charge in [0.05, 0.1) is 23.7 Å². The van der Waals surface area contributed by atoms with Gasteiger partial charge in [0.1, 0.15) is 0 Å². The lowest BCUT2D eigenvalue weighted by Crippen LogP contribution is -2.18. The Labute approximate surface area is 115 Å². The van der Waals surface area contributed by atoms with Crippen molar-refractivity contribution in [2.75, 3.05) is 16.4 Å². The van der Waals surface area contributed by atoms with Gasteiger partial charge < -0.3 is 10.6 Å². The molecule has 0 atom stereocenters. The summed E-state index contributed by atoms with van der Waals surface area (Å²) in [5, 5.41) is 6.19. The second kappa shape index (κ2) is 5.32. The van der Waals surface area contributed by atoms with Crippen LogP contribution in [0.25, 0.3) is 0 Å². The first-order valence-electron chi connectivity index (χ1n) is 6.02. The second-order valence-electron chi connectivity index (χ2n) is 4.22. The van der Waals surface area contributed by atoms with Crippen LogP contribution in [-0.2, 0) is 11.3 Å². The van der Waals surface area contributed by atoms with Gasteiger partial charge in [-0.3, -0.25) is 9.78 Å². The second-order valence-corrected chi connectivity index (χ2v) is 5.24. The highest BCUT2D eigenvalue weighted by Crippen LogP contribution is 2.33. The van der Waals surface area contributed by atoms with E-state index in [1.807, 2.05) is 36.4 Å². The molecule has 0 aliphatic carbocycles. The Hall–Kier alpha value is -2.01. The standard InChI is InChI=1S/C14H13N3OS/c18-14-9-19-13-5-4-10(7-12(13)17-14)16-8-11-3-1-2-6-15-11/h1-7,16H,8-9H2,(H,17,18). The summed E-state index contributed by atoms with van der Waals surface area (Å²) in [6.07, 6.45) is 1.78. The minimum atomic E-state index is 0.0550. The zero-order valence-electron chi connectivity index (χ0n) is 10.2. The van der Waals surface area contributed by atoms with Crippen LogP contribution >= 0.6 is 11.8 Å². The van der Waals surface area contributed by atoms with Crippen LogP contribution in [0.1, 0.15) is 5.69 Å². The lowest BCUT2D eigenvalue weighted by atomic mass is 10.2. The quantitative estimate of drug-likeness (QED) is 0.901. The van der Waals surface area contributed by atoms with Crippen LogP contribution in [0.15, 0.2) is 47.5 Å². The number of thioether (sulfide) groups is 1. The Kier molecular flexibility index (Phi) is 3.37. The lowest BCUT2D eigenvalue weighted by Gasteiger charge is -2.17. The third-order valence-corrected chi connectivity index (χ3v) is 3.89. The summed E-state index contributed by atoms with van der Waals surface area (Å²) in [6.45, 7) is 0.667. The van der Waals surface area contributed by atoms with Crippen molar-refractivity contribution in [2.45, 2.75) is 11.4 Å². The van der Waals surface area contributed by atoms with Crippen LogP contribution in [0.5, 0.6) is 0 Å². The molecule has 0 spiro atoms. The summed E-state index contributed by atoms with van der Waals surface area (Å²) in [6, 6.07) is 11.8. The number of rotatable bonds is 3. The number of nitrogens with zero attached hydrogens (tertiary/aromatic N) is 1. The average molecular weight is 271 g/mol. The molecule has 2 heterocycles. The molecule has 0 saturated heterocycles. The van der Waals surface area contributed by atoms with Crippen molar-refractivity contribution in [1.82, 2.24) is 4.98 Å². The number of anilines is 2. The van der Waals surface area contributed by atoms with E-state index in [0.29, 0.717) is 12.3 Å². The van der Waals surface area contributed by atoms with E-state index in [1.165, 1.54) is 0 Å². The summed E-state index contributed by atoms with van der Waals surface area (Å²) in [4.78, 5) is 16.7. The zero-order valence-corrected chi connectivity index (χ0v) is 11.0. The molecule has 0 unspecified atom stereocenters. The Bertz CT molecular complexity index is 601. The van der Waals surface area contributed by atoms with E-state index in [1.54, 1.807) is 18.0 Å². The van der Waals surface area contributed by atoms with E-state index >= 15 is 0 Å². The maximum absolute atomic E-state index is 11.4. The summed E-state index contributed by atoms with van der Waals surface area (Å²) in [5.74, 6) is 0.549. The number of benzene rings is 1. The van der Waals surface area contributed by atoms with Crippen LogP contribution in [0.2, 0.25) is 0 Å². The SMILES string of the molecule is O=C1CSc2ccc(NCc3ccccn3)cc2N1. The predicted octanol–water partition coefficient (Wildman–Crippen LogP) is 2.74. The predicted molar refractivity (Wildman–Crippen MR) is 77.4 cm³/mol. The lowest BCUT2D eigenvalue weighted by molar-refractivity contribution is -0.113. The van der Waals surface area contributed by atoms with E-state index in [4.69, 9.17) is 0 Å². The molecule has 0 saturated carbocycles. The smallest absolute Gasteiger partial charge is 0.234 e. The summed E-state index contributed by atoms with van der Waals surface area (Å²) in [5.41, 5.74) is 2.85. The van der Waals surface area contributed by atoms with Gasteiger partial charge in [0.15, 0.2) is 0 Å². The van der Waals surface area contributed by atoms with Gasteiger partial charge in [-0.1, -0.05) is 6.07 Å². The number of hydrogen-bond donors (Lipinski definition) is 2. The number of pyridine rings is 1. The van der Waals surface area contributed by atoms with Crippen molar-refractivity contribution >= 4 is 29.0 Å². The molecule has 96 valence electrons. The number of fused-ring (bicyclic) bond motifs is 1. The van der Waals surface area contributed by atoms with Gasteiger partial charge in [-0.25, -0.2) is 0 Å². The van der Waals surface area contributed by atoms with Crippen molar-refractivity contribution < 1.29 is 4.79 Å². The first-order chi connectivity index (χ1) is 9.31. The molecule has 1 aromatic carbocycles. The number of nitrogens with one attached hydrogen (secondary N) is 2. The van der Waals surface area contributed by atoms with E-state index in [-0.39, 0.29) is 5.91 Å². The fourth-order valence-electron chi connectivity index (χ4n) is 1.89. The largest absolute Gasteiger partial charge is 0.379 e. The molecule has 1 aliphatic heterocycles. The van der Waals surface area contributed by atoms with Crippen LogP contribution in [0, 0.1) is 0 Å². The minimum absolute atomic E-state index is 0.0550. The third-order valence-electron chi connectivity index (χ3n) is 2.81. The monoisotopic (exact) mass is 271 g/mol. The van der Waals surface area contributed by atoms with Gasteiger partial charge >= 0.3 is 0 Å². The zero-order chi connectivity index (χ0) is 13.1. The molecule has 1 aromatic heterocycles. The molecule has 19 heavy (non-hydrogen) atoms. The van der Waals surface area contributed by atoms with E-state index in [0.717, 1.165) is 22.0 Å². The van der Waals surface area contributed by atoms with Crippen LogP contribution in [0.4, 0.5) is 11.4 Å². The normalized spacial score (nSPS) is 13.6. The number of carbonyl (C=O) groups is 1. The van der Waals surface area contributed by atoms with Gasteiger partial charge in [-0.2, -0.15) is 0 Å². The van der Waals surface area contributed by atoms with Gasteiger partial charge in [-0.05, 0) is 30.3 Å². The Morgan fingerprint density at radius 3 is 3.11 bits per heavy atom. The fourth-order valence-corrected chi connectivity index (χ4v) is 2.68. The van der Waals surface area contributed by atoms with Crippen molar-refractivity contribution in [3.63, 3.8) is 0 Å². The Balaban J connectivity index is 1.72. The topological polar surface area (TPSA) is 54.0 Å². The minimum Gasteiger partial charge on any atom is -0.379 e. The van der Waals surface area contributed by atoms with Crippen molar-refractivity contribution in [3.8, 4) is 0 Å². The highest BCUT2D eigenvalue weighted by atomic mass is 32.2. The molecule has 2 aromatic rings. The Morgan fingerprint density at radius 1 is 1.32 bits per heavy atom. The van der Waals surface area contributed by atoms with Crippen LogP contribution < -0.4 is 10.6 Å². The molecule has 4 nitrogen and oxygen atoms in total. The van der Waals surface area contributed by atoms with Gasteiger partial charge in [0.25, 0.3) is 0 Å². The molecule has 0 fully saturated rings. The van der Waals surface area contributed by atoms with Crippen LogP contribution in [-0.4, -0.2) is 16.6 Å². The average Bonchev–Trinajstić information content (AvgIpc) is 2.46. The Morgan fingerprint density at radius 2 is 2.26 bits per heavy atom.